The Morgan fingerprint density at radius 3 is 2.76 bits per heavy atom. The summed E-state index contributed by atoms with van der Waals surface area (Å²) in [6.45, 7) is 11.1. The van der Waals surface area contributed by atoms with E-state index in [0.717, 1.165) is 38.4 Å². The highest BCUT2D eigenvalue weighted by atomic mass is 16.5. The first kappa shape index (κ1) is 16.3. The minimum Gasteiger partial charge on any atom is -0.494 e. The average molecular weight is 290 g/mol. The predicted octanol–water partition coefficient (Wildman–Crippen LogP) is 3.31. The smallest absolute Gasteiger partial charge is 0.119 e. The summed E-state index contributed by atoms with van der Waals surface area (Å²) in [5.41, 5.74) is 0.247. The van der Waals surface area contributed by atoms with Crippen molar-refractivity contribution in [2.24, 2.45) is 0 Å². The van der Waals surface area contributed by atoms with E-state index in [-0.39, 0.29) is 5.54 Å². The highest BCUT2D eigenvalue weighted by Gasteiger charge is 2.32. The first-order valence-electron chi connectivity index (χ1n) is 8.28. The Kier molecular flexibility index (Phi) is 6.07. The maximum Gasteiger partial charge on any atom is 0.119 e. The summed E-state index contributed by atoms with van der Waals surface area (Å²) in [4.78, 5) is 2.62. The third-order valence-corrected chi connectivity index (χ3v) is 4.34. The molecule has 1 heterocycles. The van der Waals surface area contributed by atoms with Gasteiger partial charge in [-0.25, -0.2) is 0 Å². The zero-order chi connectivity index (χ0) is 15.1. The summed E-state index contributed by atoms with van der Waals surface area (Å²) < 4.78 is 5.80. The molecule has 1 aliphatic heterocycles. The van der Waals surface area contributed by atoms with Crippen molar-refractivity contribution in [3.8, 4) is 5.75 Å². The number of ether oxygens (including phenoxy) is 1. The van der Waals surface area contributed by atoms with Crippen LogP contribution in [0.4, 0.5) is 0 Å². The molecule has 21 heavy (non-hydrogen) atoms. The maximum atomic E-state index is 5.80. The van der Waals surface area contributed by atoms with Gasteiger partial charge in [-0.15, -0.1) is 0 Å². The molecule has 0 aliphatic carbocycles. The molecule has 1 aromatic rings. The van der Waals surface area contributed by atoms with E-state index < -0.39 is 0 Å². The number of hydrogen-bond donors (Lipinski definition) is 1. The van der Waals surface area contributed by atoms with Gasteiger partial charge in [0.15, 0.2) is 0 Å². The molecule has 0 bridgehead atoms. The summed E-state index contributed by atoms with van der Waals surface area (Å²) in [7, 11) is 0. The second-order valence-corrected chi connectivity index (χ2v) is 6.64. The summed E-state index contributed by atoms with van der Waals surface area (Å²) >= 11 is 0. The van der Waals surface area contributed by atoms with Crippen molar-refractivity contribution in [2.75, 3.05) is 26.2 Å². The third-order valence-electron chi connectivity index (χ3n) is 4.34. The molecule has 1 aromatic carbocycles. The second-order valence-electron chi connectivity index (χ2n) is 6.64. The molecule has 0 aromatic heterocycles. The molecule has 1 fully saturated rings. The molecule has 1 atom stereocenters. The minimum absolute atomic E-state index is 0.247. The lowest BCUT2D eigenvalue weighted by Gasteiger charge is -2.46. The molecule has 1 N–H and O–H groups in total. The number of benzene rings is 1. The van der Waals surface area contributed by atoms with E-state index >= 15 is 0 Å². The van der Waals surface area contributed by atoms with Crippen molar-refractivity contribution >= 4 is 0 Å². The Labute approximate surface area is 129 Å². The molecule has 0 amide bonds. The van der Waals surface area contributed by atoms with Gasteiger partial charge in [-0.1, -0.05) is 31.5 Å². The molecular weight excluding hydrogens is 260 g/mol. The van der Waals surface area contributed by atoms with E-state index in [4.69, 9.17) is 4.74 Å². The monoisotopic (exact) mass is 290 g/mol. The van der Waals surface area contributed by atoms with Crippen molar-refractivity contribution in [2.45, 2.75) is 51.6 Å². The van der Waals surface area contributed by atoms with Gasteiger partial charge >= 0.3 is 0 Å². The molecule has 3 nitrogen and oxygen atoms in total. The zero-order valence-corrected chi connectivity index (χ0v) is 13.8. The predicted molar refractivity (Wildman–Crippen MR) is 88.9 cm³/mol. The van der Waals surface area contributed by atoms with Crippen molar-refractivity contribution < 1.29 is 4.74 Å². The van der Waals surface area contributed by atoms with Crippen LogP contribution >= 0.6 is 0 Å². The van der Waals surface area contributed by atoms with E-state index in [1.165, 1.54) is 12.8 Å². The number of para-hydroxylation sites is 1. The van der Waals surface area contributed by atoms with Gasteiger partial charge in [-0.2, -0.15) is 0 Å². The van der Waals surface area contributed by atoms with Crippen LogP contribution in [0.2, 0.25) is 0 Å². The Bertz CT molecular complexity index is 405. The molecule has 3 heteroatoms. The summed E-state index contributed by atoms with van der Waals surface area (Å²) in [5.74, 6) is 0.973. The normalized spacial score (nSPS) is 22.1. The van der Waals surface area contributed by atoms with Gasteiger partial charge < -0.3 is 10.1 Å². The van der Waals surface area contributed by atoms with Crippen LogP contribution in [0.1, 0.15) is 40.0 Å². The van der Waals surface area contributed by atoms with E-state index in [2.05, 4.69) is 31.0 Å². The summed E-state index contributed by atoms with van der Waals surface area (Å²) in [6.07, 6.45) is 3.60. The molecular formula is C18H30N2O. The van der Waals surface area contributed by atoms with Crippen LogP contribution in [0.3, 0.4) is 0 Å². The van der Waals surface area contributed by atoms with Crippen LogP contribution in [-0.4, -0.2) is 42.7 Å². The Morgan fingerprint density at radius 1 is 1.29 bits per heavy atom. The van der Waals surface area contributed by atoms with E-state index in [9.17, 15) is 0 Å². The van der Waals surface area contributed by atoms with Crippen LogP contribution in [-0.2, 0) is 0 Å². The highest BCUT2D eigenvalue weighted by Crippen LogP contribution is 2.20. The average Bonchev–Trinajstić information content (AvgIpc) is 2.48. The second kappa shape index (κ2) is 7.81. The van der Waals surface area contributed by atoms with Crippen molar-refractivity contribution in [3.05, 3.63) is 30.3 Å². The molecule has 0 spiro atoms. The molecule has 1 unspecified atom stereocenters. The Hall–Kier alpha value is -1.06. The lowest BCUT2D eigenvalue weighted by atomic mass is 9.95. The van der Waals surface area contributed by atoms with E-state index in [1.54, 1.807) is 0 Å². The fourth-order valence-electron chi connectivity index (χ4n) is 2.98. The zero-order valence-electron chi connectivity index (χ0n) is 13.8. The van der Waals surface area contributed by atoms with Crippen LogP contribution < -0.4 is 10.1 Å². The lowest BCUT2D eigenvalue weighted by molar-refractivity contribution is 0.0588. The Morgan fingerprint density at radius 2 is 2.05 bits per heavy atom. The molecule has 2 rings (SSSR count). The van der Waals surface area contributed by atoms with Crippen molar-refractivity contribution in [1.82, 2.24) is 10.2 Å². The molecule has 0 radical (unpaired) electrons. The quantitative estimate of drug-likeness (QED) is 0.780. The highest BCUT2D eigenvalue weighted by molar-refractivity contribution is 5.20. The first-order valence-corrected chi connectivity index (χ1v) is 8.28. The third kappa shape index (κ3) is 5.01. The standard InChI is InChI=1S/C18H30N2O/c1-4-9-16-14-20(18(2,3)15-19-16)12-8-13-21-17-10-6-5-7-11-17/h5-7,10-11,16,19H,4,8-9,12-15H2,1-3H3. The SMILES string of the molecule is CCCC1CN(CCCOc2ccccc2)C(C)(C)CN1. The van der Waals surface area contributed by atoms with Crippen LogP contribution in [0.5, 0.6) is 5.75 Å². The molecule has 118 valence electrons. The summed E-state index contributed by atoms with van der Waals surface area (Å²) in [6, 6.07) is 10.7. The minimum atomic E-state index is 0.247. The van der Waals surface area contributed by atoms with Crippen LogP contribution in [0.15, 0.2) is 30.3 Å². The largest absolute Gasteiger partial charge is 0.494 e. The van der Waals surface area contributed by atoms with E-state index in [1.807, 2.05) is 30.3 Å². The van der Waals surface area contributed by atoms with Gasteiger partial charge in [-0.05, 0) is 38.8 Å². The molecule has 1 saturated heterocycles. The summed E-state index contributed by atoms with van der Waals surface area (Å²) in [5, 5.41) is 3.68. The van der Waals surface area contributed by atoms with Crippen molar-refractivity contribution in [1.29, 1.82) is 0 Å². The van der Waals surface area contributed by atoms with Crippen LogP contribution in [0, 0.1) is 0 Å². The van der Waals surface area contributed by atoms with Crippen LogP contribution in [0.25, 0.3) is 0 Å². The number of piperazine rings is 1. The van der Waals surface area contributed by atoms with Gasteiger partial charge in [0.25, 0.3) is 0 Å². The van der Waals surface area contributed by atoms with Gasteiger partial charge in [0, 0.05) is 31.2 Å². The van der Waals surface area contributed by atoms with Gasteiger partial charge in [0.05, 0.1) is 6.61 Å². The maximum absolute atomic E-state index is 5.80. The van der Waals surface area contributed by atoms with Crippen molar-refractivity contribution in [3.63, 3.8) is 0 Å². The topological polar surface area (TPSA) is 24.5 Å². The number of rotatable bonds is 7. The lowest BCUT2D eigenvalue weighted by Crippen LogP contribution is -2.62. The number of nitrogens with one attached hydrogen (secondary N) is 1. The number of nitrogens with zero attached hydrogens (tertiary/aromatic N) is 1. The van der Waals surface area contributed by atoms with Gasteiger partial charge in [-0.3, -0.25) is 4.90 Å². The molecule has 1 aliphatic rings. The van der Waals surface area contributed by atoms with Gasteiger partial charge in [0.1, 0.15) is 5.75 Å². The fraction of sp³-hybridized carbons (Fsp3) is 0.667. The molecule has 0 saturated carbocycles. The Balaban J connectivity index is 1.74. The number of hydrogen-bond acceptors (Lipinski definition) is 3. The van der Waals surface area contributed by atoms with E-state index in [0.29, 0.717) is 6.04 Å². The fourth-order valence-corrected chi connectivity index (χ4v) is 2.98. The first-order chi connectivity index (χ1) is 10.1. The van der Waals surface area contributed by atoms with Gasteiger partial charge in [0.2, 0.25) is 0 Å².